The average molecular weight is 297 g/mol. The molecule has 2 rings (SSSR count). The molecule has 2 N–H and O–H groups in total. The zero-order chi connectivity index (χ0) is 14.5. The number of amides is 2. The van der Waals surface area contributed by atoms with Gasteiger partial charge in [-0.2, -0.15) is 0 Å². The lowest BCUT2D eigenvalue weighted by atomic mass is 9.86. The Labute approximate surface area is 124 Å². The van der Waals surface area contributed by atoms with E-state index in [9.17, 15) is 9.90 Å². The third-order valence-electron chi connectivity index (χ3n) is 3.80. The molecule has 2 amide bonds. The number of anilines is 1. The van der Waals surface area contributed by atoms with E-state index < -0.39 is 0 Å². The maximum Gasteiger partial charge on any atom is 0.321 e. The van der Waals surface area contributed by atoms with E-state index in [0.29, 0.717) is 17.3 Å². The zero-order valence-electron chi connectivity index (χ0n) is 11.7. The second-order valence-electron chi connectivity index (χ2n) is 5.43. The quantitative estimate of drug-likeness (QED) is 0.898. The van der Waals surface area contributed by atoms with E-state index in [1.807, 2.05) is 0 Å². The van der Waals surface area contributed by atoms with Crippen LogP contribution >= 0.6 is 11.6 Å². The van der Waals surface area contributed by atoms with Crippen molar-refractivity contribution in [2.45, 2.75) is 31.8 Å². The standard InChI is InChI=1S/C15H21ClN2O2/c1-18(10-11-5-2-3-8-14(11)19)15(20)17-13-7-4-6-12(16)9-13/h4,6-7,9,11,14,19H,2-3,5,8,10H2,1H3,(H,17,20). The molecule has 1 saturated carbocycles. The average Bonchev–Trinajstić information content (AvgIpc) is 2.41. The molecule has 5 heteroatoms. The van der Waals surface area contributed by atoms with Crippen molar-refractivity contribution in [3.05, 3.63) is 29.3 Å². The zero-order valence-corrected chi connectivity index (χ0v) is 12.4. The molecule has 1 aliphatic rings. The van der Waals surface area contributed by atoms with Gasteiger partial charge in [-0.15, -0.1) is 0 Å². The molecular weight excluding hydrogens is 276 g/mol. The molecule has 1 aromatic rings. The number of rotatable bonds is 3. The number of halogens is 1. The van der Waals surface area contributed by atoms with Gasteiger partial charge in [0.2, 0.25) is 0 Å². The first-order valence-corrected chi connectivity index (χ1v) is 7.40. The minimum atomic E-state index is -0.287. The van der Waals surface area contributed by atoms with Crippen LogP contribution in [0.3, 0.4) is 0 Å². The van der Waals surface area contributed by atoms with Crippen LogP contribution < -0.4 is 5.32 Å². The van der Waals surface area contributed by atoms with Gasteiger partial charge in [0.25, 0.3) is 0 Å². The summed E-state index contributed by atoms with van der Waals surface area (Å²) in [6, 6.07) is 6.89. The molecule has 2 unspecified atom stereocenters. The van der Waals surface area contributed by atoms with Crippen LogP contribution in [0.25, 0.3) is 0 Å². The van der Waals surface area contributed by atoms with Crippen LogP contribution in [0.2, 0.25) is 5.02 Å². The number of carbonyl (C=O) groups is 1. The highest BCUT2D eigenvalue weighted by molar-refractivity contribution is 6.30. The summed E-state index contributed by atoms with van der Waals surface area (Å²) in [6.07, 6.45) is 3.75. The summed E-state index contributed by atoms with van der Waals surface area (Å²) in [4.78, 5) is 13.7. The molecular formula is C15H21ClN2O2. The molecule has 110 valence electrons. The van der Waals surface area contributed by atoms with E-state index in [2.05, 4.69) is 5.32 Å². The lowest BCUT2D eigenvalue weighted by Crippen LogP contribution is -2.40. The van der Waals surface area contributed by atoms with Gasteiger partial charge in [-0.25, -0.2) is 4.79 Å². The SMILES string of the molecule is CN(CC1CCCCC1O)C(=O)Nc1cccc(Cl)c1. The molecule has 0 radical (unpaired) electrons. The van der Waals surface area contributed by atoms with Crippen LogP contribution in [0, 0.1) is 5.92 Å². The summed E-state index contributed by atoms with van der Waals surface area (Å²) < 4.78 is 0. The largest absolute Gasteiger partial charge is 0.393 e. The second-order valence-corrected chi connectivity index (χ2v) is 5.87. The van der Waals surface area contributed by atoms with E-state index in [1.165, 1.54) is 0 Å². The highest BCUT2D eigenvalue weighted by atomic mass is 35.5. The molecule has 0 aliphatic heterocycles. The van der Waals surface area contributed by atoms with E-state index in [1.54, 1.807) is 36.2 Å². The molecule has 2 atom stereocenters. The van der Waals surface area contributed by atoms with Crippen molar-refractivity contribution in [2.24, 2.45) is 5.92 Å². The maximum atomic E-state index is 12.1. The Morgan fingerprint density at radius 1 is 1.45 bits per heavy atom. The van der Waals surface area contributed by atoms with Crippen molar-refractivity contribution in [2.75, 3.05) is 18.9 Å². The van der Waals surface area contributed by atoms with Gasteiger partial charge in [-0.05, 0) is 31.0 Å². The number of aliphatic hydroxyl groups excluding tert-OH is 1. The van der Waals surface area contributed by atoms with Crippen LogP contribution in [0.15, 0.2) is 24.3 Å². The molecule has 0 spiro atoms. The van der Waals surface area contributed by atoms with Gasteiger partial charge in [-0.1, -0.05) is 30.5 Å². The van der Waals surface area contributed by atoms with E-state index >= 15 is 0 Å². The van der Waals surface area contributed by atoms with E-state index in [0.717, 1.165) is 25.7 Å². The minimum absolute atomic E-state index is 0.176. The molecule has 0 heterocycles. The summed E-state index contributed by atoms with van der Waals surface area (Å²) in [6.45, 7) is 0.577. The molecule has 0 bridgehead atoms. The fourth-order valence-corrected chi connectivity index (χ4v) is 2.81. The topological polar surface area (TPSA) is 52.6 Å². The minimum Gasteiger partial charge on any atom is -0.393 e. The first-order valence-electron chi connectivity index (χ1n) is 7.02. The third-order valence-corrected chi connectivity index (χ3v) is 4.04. The number of benzene rings is 1. The van der Waals surface area contributed by atoms with Crippen molar-refractivity contribution in [3.63, 3.8) is 0 Å². The lowest BCUT2D eigenvalue weighted by molar-refractivity contribution is 0.0575. The highest BCUT2D eigenvalue weighted by Gasteiger charge is 2.25. The van der Waals surface area contributed by atoms with Crippen molar-refractivity contribution < 1.29 is 9.90 Å². The van der Waals surface area contributed by atoms with Crippen LogP contribution in [0.4, 0.5) is 10.5 Å². The van der Waals surface area contributed by atoms with Gasteiger partial charge < -0.3 is 15.3 Å². The Morgan fingerprint density at radius 2 is 2.20 bits per heavy atom. The predicted molar refractivity (Wildman–Crippen MR) is 81.1 cm³/mol. The highest BCUT2D eigenvalue weighted by Crippen LogP contribution is 2.25. The number of aliphatic hydroxyl groups is 1. The van der Waals surface area contributed by atoms with Gasteiger partial charge in [-0.3, -0.25) is 0 Å². The Balaban J connectivity index is 1.88. The van der Waals surface area contributed by atoms with Gasteiger partial charge in [0.1, 0.15) is 0 Å². The summed E-state index contributed by atoms with van der Waals surface area (Å²) in [5.74, 6) is 0.180. The molecule has 20 heavy (non-hydrogen) atoms. The molecule has 0 aromatic heterocycles. The van der Waals surface area contributed by atoms with E-state index in [4.69, 9.17) is 11.6 Å². The Morgan fingerprint density at radius 3 is 2.90 bits per heavy atom. The lowest BCUT2D eigenvalue weighted by Gasteiger charge is -2.31. The van der Waals surface area contributed by atoms with Gasteiger partial charge in [0, 0.05) is 30.2 Å². The first-order chi connectivity index (χ1) is 9.56. The van der Waals surface area contributed by atoms with Crippen molar-refractivity contribution in [1.82, 2.24) is 4.90 Å². The summed E-state index contributed by atoms with van der Waals surface area (Å²) in [7, 11) is 1.75. The number of nitrogens with zero attached hydrogens (tertiary/aromatic N) is 1. The monoisotopic (exact) mass is 296 g/mol. The molecule has 0 saturated heterocycles. The Bertz CT molecular complexity index is 467. The number of carbonyl (C=O) groups excluding carboxylic acids is 1. The molecule has 4 nitrogen and oxygen atoms in total. The van der Waals surface area contributed by atoms with E-state index in [-0.39, 0.29) is 18.1 Å². The molecule has 1 aliphatic carbocycles. The second kappa shape index (κ2) is 6.95. The van der Waals surface area contributed by atoms with Gasteiger partial charge >= 0.3 is 6.03 Å². The first kappa shape index (κ1) is 15.1. The number of urea groups is 1. The predicted octanol–water partition coefficient (Wildman–Crippen LogP) is 3.35. The Kier molecular flexibility index (Phi) is 5.26. The summed E-state index contributed by atoms with van der Waals surface area (Å²) in [5, 5.41) is 13.3. The molecule has 1 aromatic carbocycles. The fourth-order valence-electron chi connectivity index (χ4n) is 2.62. The normalized spacial score (nSPS) is 22.4. The Hall–Kier alpha value is -1.26. The van der Waals surface area contributed by atoms with Gasteiger partial charge in [0.15, 0.2) is 0 Å². The van der Waals surface area contributed by atoms with Crippen LogP contribution in [0.1, 0.15) is 25.7 Å². The third kappa shape index (κ3) is 4.12. The molecule has 1 fully saturated rings. The maximum absolute atomic E-state index is 12.1. The van der Waals surface area contributed by atoms with Crippen LogP contribution in [-0.2, 0) is 0 Å². The van der Waals surface area contributed by atoms with Crippen LogP contribution in [0.5, 0.6) is 0 Å². The van der Waals surface area contributed by atoms with Crippen LogP contribution in [-0.4, -0.2) is 35.7 Å². The smallest absolute Gasteiger partial charge is 0.321 e. The van der Waals surface area contributed by atoms with Crippen molar-refractivity contribution >= 4 is 23.3 Å². The number of nitrogens with one attached hydrogen (secondary N) is 1. The number of hydrogen-bond donors (Lipinski definition) is 2. The van der Waals surface area contributed by atoms with Crippen molar-refractivity contribution in [1.29, 1.82) is 0 Å². The summed E-state index contributed by atoms with van der Waals surface area (Å²) in [5.41, 5.74) is 0.679. The summed E-state index contributed by atoms with van der Waals surface area (Å²) >= 11 is 5.88. The number of hydrogen-bond acceptors (Lipinski definition) is 2. The fraction of sp³-hybridized carbons (Fsp3) is 0.533. The van der Waals surface area contributed by atoms with Gasteiger partial charge in [0.05, 0.1) is 6.10 Å². The van der Waals surface area contributed by atoms with Crippen molar-refractivity contribution in [3.8, 4) is 0 Å².